The Kier molecular flexibility index (Phi) is 7.16. The van der Waals surface area contributed by atoms with Crippen LogP contribution in [-0.2, 0) is 14.3 Å². The molecule has 2 N–H and O–H groups in total. The van der Waals surface area contributed by atoms with Crippen molar-refractivity contribution in [3.8, 4) is 17.0 Å². The van der Waals surface area contributed by atoms with Gasteiger partial charge in [0.2, 0.25) is 5.91 Å². The molecule has 4 fully saturated rings. The molecule has 5 unspecified atom stereocenters. The number of halogens is 1. The van der Waals surface area contributed by atoms with Crippen LogP contribution in [0.25, 0.3) is 11.3 Å². The number of methoxy groups -OCH3 is 1. The Balaban J connectivity index is 1.07. The molecule has 1 saturated heterocycles. The minimum atomic E-state index is -0.591. The normalized spacial score (nSPS) is 28.1. The molecule has 2 heterocycles. The monoisotopic (exact) mass is 617 g/mol. The number of aromatic nitrogens is 1. The molecule has 5 aliphatic rings. The van der Waals surface area contributed by atoms with Crippen LogP contribution in [0.1, 0.15) is 30.1 Å². The van der Waals surface area contributed by atoms with Crippen molar-refractivity contribution < 1.29 is 23.8 Å². The predicted octanol–water partition coefficient (Wildman–Crippen LogP) is 6.81. The van der Waals surface area contributed by atoms with E-state index in [0.29, 0.717) is 64.8 Å². The topological polar surface area (TPSA) is 98.8 Å². The Morgan fingerprint density at radius 1 is 1.02 bits per heavy atom. The molecular weight excluding hydrogens is 586 g/mol. The number of nitrogens with one attached hydrogen (secondary N) is 2. The molecule has 8 nitrogen and oxygen atoms in total. The van der Waals surface area contributed by atoms with E-state index in [-0.39, 0.29) is 29.6 Å². The molecule has 5 atom stereocenters. The molecule has 4 aliphatic carbocycles. The van der Waals surface area contributed by atoms with Gasteiger partial charge in [-0.05, 0) is 54.5 Å². The van der Waals surface area contributed by atoms with E-state index in [1.54, 1.807) is 30.3 Å². The number of carbonyl (C=O) groups is 2. The summed E-state index contributed by atoms with van der Waals surface area (Å²) in [6.07, 6.45) is 10.1. The summed E-state index contributed by atoms with van der Waals surface area (Å²) in [5, 5.41) is 8.84. The number of nitrogens with zero attached hydrogens (tertiary/aromatic N) is 1. The maximum atomic E-state index is 13.9. The van der Waals surface area contributed by atoms with Crippen molar-refractivity contribution in [1.29, 1.82) is 0 Å². The molecule has 1 spiro atoms. The second kappa shape index (κ2) is 10.9. The Labute approximate surface area is 259 Å². The number of rotatable bonds is 6. The molecule has 1 aromatic heterocycles. The molecule has 8 rings (SSSR count). The van der Waals surface area contributed by atoms with Crippen LogP contribution in [0.15, 0.2) is 72.1 Å². The minimum Gasteiger partial charge on any atom is -0.495 e. The number of fused-ring (bicyclic) bond motifs is 1. The highest BCUT2D eigenvalue weighted by Gasteiger charge is 2.66. The zero-order valence-electron chi connectivity index (χ0n) is 23.8. The number of carbonyl (C=O) groups excluding carboxylic acids is 2. The lowest BCUT2D eigenvalue weighted by Crippen LogP contribution is -2.64. The van der Waals surface area contributed by atoms with Crippen molar-refractivity contribution in [2.75, 3.05) is 31.0 Å². The number of hydrogen-bond donors (Lipinski definition) is 2. The predicted molar refractivity (Wildman–Crippen MR) is 166 cm³/mol. The molecule has 2 amide bonds. The molecule has 3 saturated carbocycles. The SMILES string of the molecule is COc1ccc(NC(=O)c2cccc(-c3csc(NC(=O)C4(C)CC5C6C=CC=CC6C4CC54OCCO4)n3)c2)cc1Cl. The molecule has 43 heavy (non-hydrogen) atoms. The first-order chi connectivity index (χ1) is 20.8. The molecule has 2 bridgehead atoms. The number of hydrogen-bond acceptors (Lipinski definition) is 7. The third-order valence-electron chi connectivity index (χ3n) is 9.53. The fourth-order valence-electron chi connectivity index (χ4n) is 7.42. The van der Waals surface area contributed by atoms with E-state index in [1.165, 1.54) is 18.4 Å². The van der Waals surface area contributed by atoms with Crippen LogP contribution in [-0.4, -0.2) is 42.9 Å². The summed E-state index contributed by atoms with van der Waals surface area (Å²) in [5.41, 5.74) is 1.91. The third kappa shape index (κ3) is 4.88. The summed E-state index contributed by atoms with van der Waals surface area (Å²) < 4.78 is 17.6. The van der Waals surface area contributed by atoms with Gasteiger partial charge in [-0.25, -0.2) is 4.98 Å². The number of amides is 2. The highest BCUT2D eigenvalue weighted by Crippen LogP contribution is 2.64. The van der Waals surface area contributed by atoms with Crippen LogP contribution < -0.4 is 15.4 Å². The van der Waals surface area contributed by atoms with Gasteiger partial charge >= 0.3 is 0 Å². The van der Waals surface area contributed by atoms with E-state index in [0.717, 1.165) is 5.56 Å². The van der Waals surface area contributed by atoms with E-state index < -0.39 is 11.2 Å². The number of ether oxygens (including phenoxy) is 3. The van der Waals surface area contributed by atoms with Crippen molar-refractivity contribution in [3.63, 3.8) is 0 Å². The fraction of sp³-hybridized carbons (Fsp3) is 0.364. The van der Waals surface area contributed by atoms with E-state index in [9.17, 15) is 9.59 Å². The number of thiazole rings is 1. The number of allylic oxidation sites excluding steroid dienone is 4. The van der Waals surface area contributed by atoms with Gasteiger partial charge in [0.1, 0.15) is 5.75 Å². The van der Waals surface area contributed by atoms with Gasteiger partial charge < -0.3 is 24.8 Å². The summed E-state index contributed by atoms with van der Waals surface area (Å²) in [7, 11) is 1.54. The fourth-order valence-corrected chi connectivity index (χ4v) is 8.39. The zero-order chi connectivity index (χ0) is 29.8. The number of benzene rings is 2. The minimum absolute atomic E-state index is 0.0241. The largest absolute Gasteiger partial charge is 0.495 e. The van der Waals surface area contributed by atoms with Gasteiger partial charge in [-0.2, -0.15) is 0 Å². The lowest BCUT2D eigenvalue weighted by Gasteiger charge is -2.61. The number of anilines is 2. The Hall–Kier alpha value is -3.50. The molecular formula is C33H32ClN3O5S. The lowest BCUT2D eigenvalue weighted by molar-refractivity contribution is -0.279. The van der Waals surface area contributed by atoms with Gasteiger partial charge in [-0.15, -0.1) is 11.3 Å². The lowest BCUT2D eigenvalue weighted by atomic mass is 9.46. The third-order valence-corrected chi connectivity index (χ3v) is 10.6. The van der Waals surface area contributed by atoms with Crippen LogP contribution in [0.5, 0.6) is 5.75 Å². The molecule has 222 valence electrons. The molecule has 2 aromatic carbocycles. The van der Waals surface area contributed by atoms with Crippen molar-refractivity contribution in [2.24, 2.45) is 29.1 Å². The van der Waals surface area contributed by atoms with Crippen LogP contribution in [0.3, 0.4) is 0 Å². The van der Waals surface area contributed by atoms with Gasteiger partial charge in [-0.1, -0.05) is 55.0 Å². The maximum absolute atomic E-state index is 13.9. The second-order valence-corrected chi connectivity index (χ2v) is 13.1. The van der Waals surface area contributed by atoms with Crippen molar-refractivity contribution in [3.05, 3.63) is 82.7 Å². The van der Waals surface area contributed by atoms with E-state index in [1.807, 2.05) is 17.5 Å². The molecule has 3 aromatic rings. The summed E-state index contributed by atoms with van der Waals surface area (Å²) in [6.45, 7) is 3.28. The average molecular weight is 618 g/mol. The molecule has 0 radical (unpaired) electrons. The first-order valence-corrected chi connectivity index (χ1v) is 15.7. The first kappa shape index (κ1) is 28.3. The van der Waals surface area contributed by atoms with Crippen molar-refractivity contribution in [1.82, 2.24) is 4.98 Å². The summed E-state index contributed by atoms with van der Waals surface area (Å²) in [5.74, 6) is 0.411. The molecule has 10 heteroatoms. The Morgan fingerprint density at radius 2 is 1.79 bits per heavy atom. The highest BCUT2D eigenvalue weighted by atomic mass is 35.5. The van der Waals surface area contributed by atoms with E-state index >= 15 is 0 Å². The Morgan fingerprint density at radius 3 is 2.53 bits per heavy atom. The first-order valence-electron chi connectivity index (χ1n) is 14.4. The van der Waals surface area contributed by atoms with Crippen molar-refractivity contribution in [2.45, 2.75) is 25.6 Å². The van der Waals surface area contributed by atoms with Gasteiger partial charge in [0.25, 0.3) is 5.91 Å². The quantitative estimate of drug-likeness (QED) is 0.315. The summed E-state index contributed by atoms with van der Waals surface area (Å²) >= 11 is 7.58. The van der Waals surface area contributed by atoms with Gasteiger partial charge in [0.05, 0.1) is 36.5 Å². The average Bonchev–Trinajstić information content (AvgIpc) is 3.69. The highest BCUT2D eigenvalue weighted by molar-refractivity contribution is 7.14. The van der Waals surface area contributed by atoms with Crippen LogP contribution in [0.4, 0.5) is 10.8 Å². The van der Waals surface area contributed by atoms with Crippen LogP contribution in [0.2, 0.25) is 5.02 Å². The van der Waals surface area contributed by atoms with Crippen LogP contribution in [0, 0.1) is 29.1 Å². The standard InChI is InChI=1S/C33H32ClN3O5S/c1-32(16-25-23-9-4-3-8-22(23)24(32)17-33(25)41-12-13-42-33)30(39)37-31-36-27(18-43-31)19-6-5-7-20(14-19)29(38)35-21-10-11-28(40-2)26(34)15-21/h3-11,14-15,18,22-25H,12-13,16-17H2,1-2H3,(H,35,38)(H,36,37,39). The smallest absolute Gasteiger partial charge is 0.255 e. The second-order valence-electron chi connectivity index (χ2n) is 11.8. The molecule has 1 aliphatic heterocycles. The van der Waals surface area contributed by atoms with Gasteiger partial charge in [-0.3, -0.25) is 9.59 Å². The van der Waals surface area contributed by atoms with E-state index in [4.69, 9.17) is 30.8 Å². The summed E-state index contributed by atoms with van der Waals surface area (Å²) in [4.78, 5) is 31.7. The van der Waals surface area contributed by atoms with Crippen molar-refractivity contribution >= 4 is 45.6 Å². The van der Waals surface area contributed by atoms with Gasteiger partial charge in [0.15, 0.2) is 10.9 Å². The van der Waals surface area contributed by atoms with Crippen LogP contribution >= 0.6 is 22.9 Å². The van der Waals surface area contributed by atoms with Gasteiger partial charge in [0, 0.05) is 34.5 Å². The van der Waals surface area contributed by atoms with E-state index in [2.05, 4.69) is 41.9 Å². The Bertz CT molecular complexity index is 1650. The zero-order valence-corrected chi connectivity index (χ0v) is 25.4. The maximum Gasteiger partial charge on any atom is 0.255 e. The summed E-state index contributed by atoms with van der Waals surface area (Å²) in [6, 6.07) is 12.3.